The molecule has 0 unspecified atom stereocenters. The van der Waals surface area contributed by atoms with Crippen LogP contribution in [-0.4, -0.2) is 0 Å². The van der Waals surface area contributed by atoms with Gasteiger partial charge in [-0.15, -0.1) is 22.7 Å². The molecule has 0 saturated heterocycles. The number of nitrogens with one attached hydrogen (secondary N) is 1. The molecule has 0 radical (unpaired) electrons. The molecule has 0 aliphatic heterocycles. The first-order valence-electron chi connectivity index (χ1n) is 12.5. The van der Waals surface area contributed by atoms with Gasteiger partial charge in [-0.1, -0.05) is 80.6 Å². The van der Waals surface area contributed by atoms with Crippen molar-refractivity contribution in [3.63, 3.8) is 0 Å². The SMILES string of the molecule is C/C=C/Nc1cc2c(c3sc4ccccc4c13)C=Cc1ccc3c(sc4c(C)cccc43)c1C2(C)C. The highest BCUT2D eigenvalue weighted by atomic mass is 32.1. The predicted octanol–water partition coefficient (Wildman–Crippen LogP) is 10.5. The smallest absolute Gasteiger partial charge is 0.0477 e. The van der Waals surface area contributed by atoms with Crippen LogP contribution in [0.1, 0.15) is 48.6 Å². The number of benzene rings is 4. The molecule has 2 heterocycles. The Kier molecular flexibility index (Phi) is 4.73. The van der Waals surface area contributed by atoms with E-state index in [1.54, 1.807) is 0 Å². The van der Waals surface area contributed by atoms with Gasteiger partial charge >= 0.3 is 0 Å². The second kappa shape index (κ2) is 7.80. The van der Waals surface area contributed by atoms with E-state index < -0.39 is 0 Å². The first-order chi connectivity index (χ1) is 17.5. The number of thiophene rings is 2. The van der Waals surface area contributed by atoms with Crippen LogP contribution in [0.2, 0.25) is 0 Å². The van der Waals surface area contributed by atoms with Crippen molar-refractivity contribution in [2.24, 2.45) is 0 Å². The van der Waals surface area contributed by atoms with Gasteiger partial charge in [0.2, 0.25) is 0 Å². The first-order valence-corrected chi connectivity index (χ1v) is 14.1. The lowest BCUT2D eigenvalue weighted by Gasteiger charge is -2.30. The van der Waals surface area contributed by atoms with Gasteiger partial charge in [0.05, 0.1) is 0 Å². The van der Waals surface area contributed by atoms with Gasteiger partial charge in [0, 0.05) is 51.4 Å². The maximum Gasteiger partial charge on any atom is 0.0477 e. The van der Waals surface area contributed by atoms with Crippen molar-refractivity contribution in [3.8, 4) is 0 Å². The van der Waals surface area contributed by atoms with Crippen molar-refractivity contribution in [3.05, 3.63) is 101 Å². The van der Waals surface area contributed by atoms with E-state index in [0.717, 1.165) is 0 Å². The molecule has 0 saturated carbocycles. The van der Waals surface area contributed by atoms with Crippen LogP contribution in [0.4, 0.5) is 5.69 Å². The molecule has 7 rings (SSSR count). The number of hydrogen-bond donors (Lipinski definition) is 1. The minimum Gasteiger partial charge on any atom is -0.361 e. The Labute approximate surface area is 219 Å². The van der Waals surface area contributed by atoms with Crippen LogP contribution in [0.3, 0.4) is 0 Å². The second-order valence-corrected chi connectivity index (χ2v) is 12.3. The Morgan fingerprint density at radius 3 is 2.47 bits per heavy atom. The maximum atomic E-state index is 3.62. The Morgan fingerprint density at radius 1 is 0.806 bits per heavy atom. The fraction of sp³-hybridized carbons (Fsp3) is 0.152. The summed E-state index contributed by atoms with van der Waals surface area (Å²) in [5, 5.41) is 9.01. The number of hydrogen-bond acceptors (Lipinski definition) is 3. The van der Waals surface area contributed by atoms with Gasteiger partial charge in [0.25, 0.3) is 0 Å². The molecule has 6 aromatic rings. The minimum absolute atomic E-state index is 0.167. The number of anilines is 1. The molecule has 0 bridgehead atoms. The Bertz CT molecular complexity index is 1910. The molecule has 3 heteroatoms. The second-order valence-electron chi connectivity index (χ2n) is 10.3. The predicted molar refractivity (Wildman–Crippen MR) is 163 cm³/mol. The summed E-state index contributed by atoms with van der Waals surface area (Å²) in [6.45, 7) is 9.11. The fourth-order valence-corrected chi connectivity index (χ4v) is 8.74. The number of aryl methyl sites for hydroxylation is 1. The molecule has 1 nitrogen and oxygen atoms in total. The van der Waals surface area contributed by atoms with E-state index >= 15 is 0 Å². The van der Waals surface area contributed by atoms with E-state index in [4.69, 9.17) is 0 Å². The van der Waals surface area contributed by atoms with Gasteiger partial charge < -0.3 is 5.32 Å². The first kappa shape index (κ1) is 21.8. The monoisotopic (exact) mass is 501 g/mol. The summed E-state index contributed by atoms with van der Waals surface area (Å²) in [7, 11) is 0. The summed E-state index contributed by atoms with van der Waals surface area (Å²) < 4.78 is 5.51. The molecule has 176 valence electrons. The highest BCUT2D eigenvalue weighted by molar-refractivity contribution is 7.26. The molecule has 1 N–H and O–H groups in total. The van der Waals surface area contributed by atoms with E-state index in [0.29, 0.717) is 0 Å². The molecule has 0 atom stereocenters. The van der Waals surface area contributed by atoms with Gasteiger partial charge in [-0.3, -0.25) is 0 Å². The van der Waals surface area contributed by atoms with Gasteiger partial charge in [0.15, 0.2) is 0 Å². The average molecular weight is 502 g/mol. The summed E-state index contributed by atoms with van der Waals surface area (Å²) in [4.78, 5) is 0. The van der Waals surface area contributed by atoms with Crippen molar-refractivity contribution in [1.82, 2.24) is 0 Å². The van der Waals surface area contributed by atoms with Crippen molar-refractivity contribution in [2.75, 3.05) is 5.32 Å². The molecule has 1 aliphatic rings. The minimum atomic E-state index is -0.167. The third-order valence-electron chi connectivity index (χ3n) is 7.72. The van der Waals surface area contributed by atoms with E-state index in [-0.39, 0.29) is 5.41 Å². The number of allylic oxidation sites excluding steroid dienone is 1. The topological polar surface area (TPSA) is 12.0 Å². The molecule has 0 amide bonds. The number of rotatable bonds is 2. The van der Waals surface area contributed by atoms with Crippen LogP contribution in [-0.2, 0) is 5.41 Å². The van der Waals surface area contributed by atoms with Crippen LogP contribution in [0, 0.1) is 6.92 Å². The lowest BCUT2D eigenvalue weighted by molar-refractivity contribution is 0.648. The zero-order valence-corrected chi connectivity index (χ0v) is 22.5. The standard InChI is InChI=1S/C33H27NS2/c1-5-17-34-26-18-25-23(31-28(26)24-10-6-7-12-27(24)35-31)16-14-20-13-15-22-21-11-8-9-19(2)30(21)36-32(22)29(20)33(25,3)4/h5-18,34H,1-4H3/b17-5+. The van der Waals surface area contributed by atoms with E-state index in [1.807, 2.05) is 28.9 Å². The highest BCUT2D eigenvalue weighted by Crippen LogP contribution is 2.51. The van der Waals surface area contributed by atoms with Crippen LogP contribution in [0.25, 0.3) is 52.5 Å². The Morgan fingerprint density at radius 2 is 1.61 bits per heavy atom. The largest absolute Gasteiger partial charge is 0.361 e. The number of fused-ring (bicyclic) bond motifs is 10. The van der Waals surface area contributed by atoms with E-state index in [2.05, 4.69) is 112 Å². The van der Waals surface area contributed by atoms with Crippen molar-refractivity contribution >= 4 is 80.9 Å². The van der Waals surface area contributed by atoms with Crippen molar-refractivity contribution < 1.29 is 0 Å². The van der Waals surface area contributed by atoms with Crippen LogP contribution >= 0.6 is 22.7 Å². The summed E-state index contributed by atoms with van der Waals surface area (Å²) in [6, 6.07) is 22.6. The summed E-state index contributed by atoms with van der Waals surface area (Å²) in [5.74, 6) is 0. The average Bonchev–Trinajstić information content (AvgIpc) is 3.42. The normalized spacial score (nSPS) is 14.7. The van der Waals surface area contributed by atoms with Crippen LogP contribution < -0.4 is 5.32 Å². The van der Waals surface area contributed by atoms with E-state index in [9.17, 15) is 0 Å². The zero-order chi connectivity index (χ0) is 24.6. The Balaban J connectivity index is 1.60. The van der Waals surface area contributed by atoms with Crippen molar-refractivity contribution in [1.29, 1.82) is 0 Å². The van der Waals surface area contributed by atoms with E-state index in [1.165, 1.54) is 73.8 Å². The van der Waals surface area contributed by atoms with Gasteiger partial charge in [-0.05, 0) is 60.0 Å². The van der Waals surface area contributed by atoms with Gasteiger partial charge in [0.1, 0.15) is 0 Å². The highest BCUT2D eigenvalue weighted by Gasteiger charge is 2.34. The molecule has 4 aromatic carbocycles. The maximum absolute atomic E-state index is 3.62. The third kappa shape index (κ3) is 2.93. The lowest BCUT2D eigenvalue weighted by atomic mass is 9.74. The van der Waals surface area contributed by atoms with Gasteiger partial charge in [-0.2, -0.15) is 0 Å². The van der Waals surface area contributed by atoms with Crippen LogP contribution in [0.15, 0.2) is 72.9 Å². The Hall–Kier alpha value is -3.40. The van der Waals surface area contributed by atoms with Crippen molar-refractivity contribution in [2.45, 2.75) is 33.1 Å². The zero-order valence-electron chi connectivity index (χ0n) is 20.9. The molecule has 1 aliphatic carbocycles. The molecular formula is C33H27NS2. The molecule has 0 spiro atoms. The third-order valence-corrected chi connectivity index (χ3v) is 10.3. The molecule has 0 fully saturated rings. The van der Waals surface area contributed by atoms with Gasteiger partial charge in [-0.25, -0.2) is 0 Å². The molecule has 2 aromatic heterocycles. The summed E-state index contributed by atoms with van der Waals surface area (Å²) in [6.07, 6.45) is 8.83. The molecule has 36 heavy (non-hydrogen) atoms. The quantitative estimate of drug-likeness (QED) is 0.249. The summed E-state index contributed by atoms with van der Waals surface area (Å²) >= 11 is 3.87. The fourth-order valence-electron chi connectivity index (χ4n) is 6.00. The lowest BCUT2D eigenvalue weighted by Crippen LogP contribution is -2.21. The summed E-state index contributed by atoms with van der Waals surface area (Å²) in [5.41, 5.74) is 7.87. The van der Waals surface area contributed by atoms with Crippen LogP contribution in [0.5, 0.6) is 0 Å². The molecular weight excluding hydrogens is 475 g/mol.